The van der Waals surface area contributed by atoms with Gasteiger partial charge in [-0.05, 0) is 55.8 Å². The molecule has 1 aliphatic rings. The lowest BCUT2D eigenvalue weighted by atomic mass is 9.99. The fourth-order valence-corrected chi connectivity index (χ4v) is 3.86. The fourth-order valence-electron chi connectivity index (χ4n) is 2.69. The summed E-state index contributed by atoms with van der Waals surface area (Å²) in [7, 11) is 0. The summed E-state index contributed by atoms with van der Waals surface area (Å²) in [6, 6.07) is 10.6. The minimum absolute atomic E-state index is 0.372. The molecule has 1 atom stereocenters. The van der Waals surface area contributed by atoms with Crippen molar-refractivity contribution in [2.24, 2.45) is 0 Å². The molecule has 1 aliphatic heterocycles. The third-order valence-electron chi connectivity index (χ3n) is 3.95. The lowest BCUT2D eigenvalue weighted by molar-refractivity contribution is -0.159. The maximum atomic E-state index is 6.09. The lowest BCUT2D eigenvalue weighted by Crippen LogP contribution is -2.27. The van der Waals surface area contributed by atoms with Crippen LogP contribution in [-0.4, -0.2) is 17.3 Å². The largest absolute Gasteiger partial charge is 0.347 e. The zero-order valence-corrected chi connectivity index (χ0v) is 14.9. The van der Waals surface area contributed by atoms with Crippen molar-refractivity contribution in [3.8, 4) is 10.4 Å². The molecule has 2 nitrogen and oxygen atoms in total. The summed E-state index contributed by atoms with van der Waals surface area (Å²) < 4.78 is 11.8. The fraction of sp³-hybridized carbons (Fsp3) is 0.389. The molecule has 2 aromatic rings. The zero-order valence-electron chi connectivity index (χ0n) is 13.3. The minimum atomic E-state index is -0.519. The summed E-state index contributed by atoms with van der Waals surface area (Å²) >= 11 is 6.94. The van der Waals surface area contributed by atoms with Gasteiger partial charge in [-0.25, -0.2) is 0 Å². The number of thiocarbonyl (C=S) groups is 1. The summed E-state index contributed by atoms with van der Waals surface area (Å²) in [5.41, 5.74) is 3.12. The highest BCUT2D eigenvalue weighted by Gasteiger charge is 2.43. The normalized spacial score (nSPS) is 23.6. The van der Waals surface area contributed by atoms with Crippen LogP contribution in [0.25, 0.3) is 10.4 Å². The topological polar surface area (TPSA) is 18.5 Å². The molecule has 1 aromatic carbocycles. The minimum Gasteiger partial charge on any atom is -0.347 e. The number of rotatable bonds is 3. The molecule has 3 rings (SSSR count). The van der Waals surface area contributed by atoms with Crippen LogP contribution in [0.15, 0.2) is 35.7 Å². The summed E-state index contributed by atoms with van der Waals surface area (Å²) in [5.74, 6) is -0.519. The number of hydrogen-bond donors (Lipinski definition) is 0. The smallest absolute Gasteiger partial charge is 0.164 e. The molecule has 22 heavy (non-hydrogen) atoms. The number of ether oxygens (including phenoxy) is 2. The van der Waals surface area contributed by atoms with Gasteiger partial charge in [0.05, 0.1) is 6.61 Å². The van der Waals surface area contributed by atoms with Crippen molar-refractivity contribution >= 4 is 28.4 Å². The number of benzene rings is 1. The van der Waals surface area contributed by atoms with Crippen LogP contribution in [0.3, 0.4) is 0 Å². The molecule has 0 spiro atoms. The van der Waals surface area contributed by atoms with Crippen molar-refractivity contribution in [3.05, 3.63) is 46.8 Å². The van der Waals surface area contributed by atoms with E-state index >= 15 is 0 Å². The number of thiophene rings is 1. The average Bonchev–Trinajstić information content (AvgIpc) is 3.05. The summed E-state index contributed by atoms with van der Waals surface area (Å²) in [5, 5.41) is 2.17. The maximum absolute atomic E-state index is 6.09. The standard InChI is InChI=1S/C18H20O2S2/c1-12(21)13-5-7-14(8-6-13)16-9-15(10-22-16)18(4)11-19-17(2,3)20-18/h5-10H,11H2,1-4H3. The van der Waals surface area contributed by atoms with Gasteiger partial charge >= 0.3 is 0 Å². The summed E-state index contributed by atoms with van der Waals surface area (Å²) in [6.45, 7) is 8.54. The van der Waals surface area contributed by atoms with E-state index in [9.17, 15) is 0 Å². The molecule has 0 amide bonds. The first kappa shape index (κ1) is 15.8. The molecule has 0 bridgehead atoms. The van der Waals surface area contributed by atoms with E-state index in [4.69, 9.17) is 21.7 Å². The van der Waals surface area contributed by atoms with Gasteiger partial charge in [-0.3, -0.25) is 0 Å². The van der Waals surface area contributed by atoms with Crippen LogP contribution in [0.1, 0.15) is 38.8 Å². The SMILES string of the molecule is CC(=S)c1ccc(-c2cc(C3(C)COC(C)(C)O3)cs2)cc1. The van der Waals surface area contributed by atoms with Gasteiger partial charge in [0.2, 0.25) is 0 Å². The van der Waals surface area contributed by atoms with Crippen molar-refractivity contribution in [1.82, 2.24) is 0 Å². The Morgan fingerprint density at radius 2 is 1.86 bits per heavy atom. The Labute approximate surface area is 141 Å². The van der Waals surface area contributed by atoms with E-state index in [1.807, 2.05) is 20.8 Å². The van der Waals surface area contributed by atoms with Crippen molar-refractivity contribution in [2.75, 3.05) is 6.61 Å². The first-order valence-corrected chi connectivity index (χ1v) is 8.62. The van der Waals surface area contributed by atoms with E-state index in [1.54, 1.807) is 11.3 Å². The average molecular weight is 332 g/mol. The van der Waals surface area contributed by atoms with Gasteiger partial charge in [-0.15, -0.1) is 11.3 Å². The molecule has 0 N–H and O–H groups in total. The highest BCUT2D eigenvalue weighted by molar-refractivity contribution is 7.80. The second-order valence-electron chi connectivity index (χ2n) is 6.35. The molecule has 0 aliphatic carbocycles. The van der Waals surface area contributed by atoms with Gasteiger partial charge < -0.3 is 9.47 Å². The zero-order chi connectivity index (χ0) is 16.0. The summed E-state index contributed by atoms with van der Waals surface area (Å²) in [4.78, 5) is 2.16. The second-order valence-corrected chi connectivity index (χ2v) is 7.88. The van der Waals surface area contributed by atoms with Gasteiger partial charge in [0.15, 0.2) is 5.79 Å². The van der Waals surface area contributed by atoms with Crippen LogP contribution in [0, 0.1) is 0 Å². The first-order valence-electron chi connectivity index (χ1n) is 7.34. The predicted molar refractivity (Wildman–Crippen MR) is 95.6 cm³/mol. The highest BCUT2D eigenvalue weighted by Crippen LogP contribution is 2.41. The van der Waals surface area contributed by atoms with Crippen molar-refractivity contribution < 1.29 is 9.47 Å². The van der Waals surface area contributed by atoms with E-state index < -0.39 is 5.79 Å². The van der Waals surface area contributed by atoms with Gasteiger partial charge in [0, 0.05) is 9.74 Å². The lowest BCUT2D eigenvalue weighted by Gasteiger charge is -2.24. The van der Waals surface area contributed by atoms with Crippen LogP contribution >= 0.6 is 23.6 Å². The molecule has 116 valence electrons. The van der Waals surface area contributed by atoms with Crippen LogP contribution in [0.4, 0.5) is 0 Å². The van der Waals surface area contributed by atoms with Gasteiger partial charge in [-0.2, -0.15) is 0 Å². The molecule has 2 heterocycles. The maximum Gasteiger partial charge on any atom is 0.164 e. The second kappa shape index (κ2) is 5.53. The Bertz CT molecular complexity index is 700. The van der Waals surface area contributed by atoms with Crippen molar-refractivity contribution in [3.63, 3.8) is 0 Å². The Kier molecular flexibility index (Phi) is 3.98. The quantitative estimate of drug-likeness (QED) is 0.572. The van der Waals surface area contributed by atoms with Crippen LogP contribution in [0.2, 0.25) is 0 Å². The number of hydrogen-bond acceptors (Lipinski definition) is 4. The third-order valence-corrected chi connectivity index (χ3v) is 5.17. The molecular weight excluding hydrogens is 312 g/mol. The van der Waals surface area contributed by atoms with Gasteiger partial charge in [0.25, 0.3) is 0 Å². The first-order chi connectivity index (χ1) is 10.3. The van der Waals surface area contributed by atoms with E-state index in [0.717, 1.165) is 10.4 Å². The molecule has 1 aromatic heterocycles. The van der Waals surface area contributed by atoms with Gasteiger partial charge in [0.1, 0.15) is 5.60 Å². The van der Waals surface area contributed by atoms with Crippen LogP contribution in [-0.2, 0) is 15.1 Å². The van der Waals surface area contributed by atoms with E-state index in [0.29, 0.717) is 6.61 Å². The Hall–Kier alpha value is -1.07. The Morgan fingerprint density at radius 3 is 2.41 bits per heavy atom. The van der Waals surface area contributed by atoms with Crippen LogP contribution in [0.5, 0.6) is 0 Å². The molecule has 0 saturated carbocycles. The highest BCUT2D eigenvalue weighted by atomic mass is 32.1. The van der Waals surface area contributed by atoms with Crippen molar-refractivity contribution in [1.29, 1.82) is 0 Å². The Morgan fingerprint density at radius 1 is 1.18 bits per heavy atom. The van der Waals surface area contributed by atoms with E-state index in [1.165, 1.54) is 16.0 Å². The summed E-state index contributed by atoms with van der Waals surface area (Å²) in [6.07, 6.45) is 0. The molecular formula is C18H20O2S2. The molecule has 1 saturated heterocycles. The van der Waals surface area contributed by atoms with E-state index in [-0.39, 0.29) is 5.60 Å². The molecule has 0 radical (unpaired) electrons. The Balaban J connectivity index is 1.86. The predicted octanol–water partition coefficient (Wildman–Crippen LogP) is 5.15. The van der Waals surface area contributed by atoms with Gasteiger partial charge in [-0.1, -0.05) is 36.5 Å². The third kappa shape index (κ3) is 3.01. The molecule has 1 fully saturated rings. The van der Waals surface area contributed by atoms with Crippen molar-refractivity contribution in [2.45, 2.75) is 39.1 Å². The molecule has 4 heteroatoms. The van der Waals surface area contributed by atoms with E-state index in [2.05, 4.69) is 42.6 Å². The van der Waals surface area contributed by atoms with Crippen LogP contribution < -0.4 is 0 Å². The molecule has 1 unspecified atom stereocenters. The monoisotopic (exact) mass is 332 g/mol.